The standard InChI is InChI=1S/C17H23ClFN3O/c1-11-8-12(4-6-20-11)17(23)21-13-5-7-22(10-13)14-2-3-16(19)15(18)9-14/h2-3,9,11-13,20H,4-8,10H2,1H3,(H,21,23)/t11-,12-,13?/m0/s1. The number of carbonyl (C=O) groups is 1. The smallest absolute Gasteiger partial charge is 0.223 e. The largest absolute Gasteiger partial charge is 0.369 e. The number of nitrogens with one attached hydrogen (secondary N) is 2. The summed E-state index contributed by atoms with van der Waals surface area (Å²) >= 11 is 5.85. The Kier molecular flexibility index (Phi) is 5.07. The fourth-order valence-corrected chi connectivity index (χ4v) is 3.66. The summed E-state index contributed by atoms with van der Waals surface area (Å²) in [6.07, 6.45) is 2.71. The van der Waals surface area contributed by atoms with Gasteiger partial charge in [0.05, 0.1) is 5.02 Å². The molecule has 2 aliphatic rings. The molecule has 6 heteroatoms. The lowest BCUT2D eigenvalue weighted by atomic mass is 9.92. The van der Waals surface area contributed by atoms with Crippen LogP contribution < -0.4 is 15.5 Å². The van der Waals surface area contributed by atoms with Crippen LogP contribution in [0.15, 0.2) is 18.2 Å². The molecule has 3 rings (SSSR count). The molecule has 2 fully saturated rings. The Morgan fingerprint density at radius 2 is 2.26 bits per heavy atom. The van der Waals surface area contributed by atoms with Crippen LogP contribution in [0.1, 0.15) is 26.2 Å². The van der Waals surface area contributed by atoms with Crippen LogP contribution in [-0.2, 0) is 4.79 Å². The normalized spacial score (nSPS) is 28.0. The molecule has 0 radical (unpaired) electrons. The first-order valence-electron chi connectivity index (χ1n) is 8.26. The molecule has 1 aromatic carbocycles. The molecule has 0 spiro atoms. The number of nitrogens with zero attached hydrogens (tertiary/aromatic N) is 1. The lowest BCUT2D eigenvalue weighted by Gasteiger charge is -2.28. The van der Waals surface area contributed by atoms with Gasteiger partial charge in [-0.1, -0.05) is 11.6 Å². The van der Waals surface area contributed by atoms with Gasteiger partial charge in [-0.25, -0.2) is 4.39 Å². The second-order valence-electron chi connectivity index (χ2n) is 6.62. The maximum absolute atomic E-state index is 13.3. The average Bonchev–Trinajstić information content (AvgIpc) is 2.98. The van der Waals surface area contributed by atoms with E-state index in [2.05, 4.69) is 22.5 Å². The van der Waals surface area contributed by atoms with E-state index in [-0.39, 0.29) is 22.9 Å². The van der Waals surface area contributed by atoms with Gasteiger partial charge in [0.1, 0.15) is 5.82 Å². The SMILES string of the molecule is C[C@H]1C[C@@H](C(=O)NC2CCN(c3ccc(F)c(Cl)c3)C2)CCN1. The van der Waals surface area contributed by atoms with Gasteiger partial charge in [0.15, 0.2) is 0 Å². The highest BCUT2D eigenvalue weighted by atomic mass is 35.5. The van der Waals surface area contributed by atoms with Crippen LogP contribution in [0.25, 0.3) is 0 Å². The minimum atomic E-state index is -0.403. The van der Waals surface area contributed by atoms with Crippen molar-refractivity contribution < 1.29 is 9.18 Å². The molecule has 23 heavy (non-hydrogen) atoms. The van der Waals surface area contributed by atoms with Crippen molar-refractivity contribution in [1.29, 1.82) is 0 Å². The molecule has 0 aromatic heterocycles. The summed E-state index contributed by atoms with van der Waals surface area (Å²) in [4.78, 5) is 14.6. The molecule has 1 aromatic rings. The number of halogens is 2. The summed E-state index contributed by atoms with van der Waals surface area (Å²) in [5.41, 5.74) is 0.906. The first kappa shape index (κ1) is 16.5. The van der Waals surface area contributed by atoms with Crippen molar-refractivity contribution >= 4 is 23.2 Å². The van der Waals surface area contributed by atoms with Gasteiger partial charge < -0.3 is 15.5 Å². The van der Waals surface area contributed by atoms with Gasteiger partial charge in [-0.15, -0.1) is 0 Å². The Morgan fingerprint density at radius 1 is 1.43 bits per heavy atom. The molecule has 2 N–H and O–H groups in total. The number of hydrogen-bond donors (Lipinski definition) is 2. The Bertz CT molecular complexity index is 583. The van der Waals surface area contributed by atoms with E-state index < -0.39 is 5.82 Å². The first-order chi connectivity index (χ1) is 11.0. The van der Waals surface area contributed by atoms with E-state index in [0.717, 1.165) is 44.6 Å². The molecule has 0 aliphatic carbocycles. The monoisotopic (exact) mass is 339 g/mol. The summed E-state index contributed by atoms with van der Waals surface area (Å²) in [5.74, 6) is -0.123. The molecule has 1 unspecified atom stereocenters. The molecule has 0 bridgehead atoms. The highest BCUT2D eigenvalue weighted by Crippen LogP contribution is 2.26. The summed E-state index contributed by atoms with van der Waals surface area (Å²) < 4.78 is 13.3. The van der Waals surface area contributed by atoms with Crippen molar-refractivity contribution in [3.8, 4) is 0 Å². The number of anilines is 1. The number of carbonyl (C=O) groups excluding carboxylic acids is 1. The van der Waals surface area contributed by atoms with Crippen LogP contribution in [0.4, 0.5) is 10.1 Å². The lowest BCUT2D eigenvalue weighted by molar-refractivity contribution is -0.126. The third-order valence-electron chi connectivity index (χ3n) is 4.80. The predicted octanol–water partition coefficient (Wildman–Crippen LogP) is 2.56. The topological polar surface area (TPSA) is 44.4 Å². The van der Waals surface area contributed by atoms with Gasteiger partial charge in [-0.05, 0) is 50.9 Å². The number of benzene rings is 1. The Labute approximate surface area is 141 Å². The van der Waals surface area contributed by atoms with Gasteiger partial charge >= 0.3 is 0 Å². The van der Waals surface area contributed by atoms with E-state index >= 15 is 0 Å². The molecule has 1 amide bonds. The third-order valence-corrected chi connectivity index (χ3v) is 5.09. The molecule has 2 aliphatic heterocycles. The number of rotatable bonds is 3. The third kappa shape index (κ3) is 3.96. The zero-order chi connectivity index (χ0) is 16.4. The molecule has 2 heterocycles. The summed E-state index contributed by atoms with van der Waals surface area (Å²) in [6.45, 7) is 4.61. The second-order valence-corrected chi connectivity index (χ2v) is 7.02. The van der Waals surface area contributed by atoms with Crippen LogP contribution in [-0.4, -0.2) is 37.6 Å². The van der Waals surface area contributed by atoms with Crippen LogP contribution in [0.2, 0.25) is 5.02 Å². The quantitative estimate of drug-likeness (QED) is 0.889. The fraction of sp³-hybridized carbons (Fsp3) is 0.588. The van der Waals surface area contributed by atoms with Crippen LogP contribution >= 0.6 is 11.6 Å². The summed E-state index contributed by atoms with van der Waals surface area (Å²) in [7, 11) is 0. The van der Waals surface area contributed by atoms with Gasteiger partial charge in [-0.3, -0.25) is 4.79 Å². The van der Waals surface area contributed by atoms with Crippen molar-refractivity contribution in [3.05, 3.63) is 29.0 Å². The average molecular weight is 340 g/mol. The van der Waals surface area contributed by atoms with Gasteiger partial charge in [0.2, 0.25) is 5.91 Å². The van der Waals surface area contributed by atoms with Gasteiger partial charge in [0.25, 0.3) is 0 Å². The molecule has 0 saturated carbocycles. The molecule has 2 saturated heterocycles. The number of hydrogen-bond acceptors (Lipinski definition) is 3. The Morgan fingerprint density at radius 3 is 3.00 bits per heavy atom. The van der Waals surface area contributed by atoms with E-state index in [1.54, 1.807) is 12.1 Å². The second kappa shape index (κ2) is 7.05. The highest BCUT2D eigenvalue weighted by molar-refractivity contribution is 6.31. The molecule has 126 valence electrons. The molecular formula is C17H23ClFN3O. The molecular weight excluding hydrogens is 317 g/mol. The van der Waals surface area contributed by atoms with Crippen molar-refractivity contribution in [2.75, 3.05) is 24.5 Å². The van der Waals surface area contributed by atoms with Crippen molar-refractivity contribution in [2.45, 2.75) is 38.3 Å². The van der Waals surface area contributed by atoms with Crippen LogP contribution in [0.5, 0.6) is 0 Å². The maximum Gasteiger partial charge on any atom is 0.223 e. The molecule has 3 atom stereocenters. The van der Waals surface area contributed by atoms with Crippen molar-refractivity contribution in [2.24, 2.45) is 5.92 Å². The predicted molar refractivity (Wildman–Crippen MR) is 90.4 cm³/mol. The minimum absolute atomic E-state index is 0.112. The summed E-state index contributed by atoms with van der Waals surface area (Å²) in [6, 6.07) is 5.33. The van der Waals surface area contributed by atoms with E-state index in [9.17, 15) is 9.18 Å². The maximum atomic E-state index is 13.3. The van der Waals surface area contributed by atoms with Crippen molar-refractivity contribution in [3.63, 3.8) is 0 Å². The number of piperidine rings is 1. The van der Waals surface area contributed by atoms with Gasteiger partial charge in [0, 0.05) is 36.8 Å². The van der Waals surface area contributed by atoms with E-state index in [0.29, 0.717) is 6.04 Å². The zero-order valence-corrected chi connectivity index (χ0v) is 14.1. The van der Waals surface area contributed by atoms with E-state index in [1.807, 2.05) is 0 Å². The zero-order valence-electron chi connectivity index (χ0n) is 13.3. The number of amides is 1. The lowest BCUT2D eigenvalue weighted by Crippen LogP contribution is -2.46. The highest BCUT2D eigenvalue weighted by Gasteiger charge is 2.29. The summed E-state index contributed by atoms with van der Waals surface area (Å²) in [5, 5.41) is 6.68. The van der Waals surface area contributed by atoms with Crippen LogP contribution in [0.3, 0.4) is 0 Å². The Balaban J connectivity index is 1.55. The minimum Gasteiger partial charge on any atom is -0.369 e. The van der Waals surface area contributed by atoms with E-state index in [4.69, 9.17) is 11.6 Å². The molecule has 4 nitrogen and oxygen atoms in total. The van der Waals surface area contributed by atoms with Gasteiger partial charge in [-0.2, -0.15) is 0 Å². The first-order valence-corrected chi connectivity index (χ1v) is 8.64. The van der Waals surface area contributed by atoms with Crippen molar-refractivity contribution in [1.82, 2.24) is 10.6 Å². The van der Waals surface area contributed by atoms with Crippen LogP contribution in [0, 0.1) is 11.7 Å². The Hall–Kier alpha value is -1.33. The van der Waals surface area contributed by atoms with E-state index in [1.165, 1.54) is 6.07 Å². The fourth-order valence-electron chi connectivity index (χ4n) is 3.48.